The first kappa shape index (κ1) is 11.5. The van der Waals surface area contributed by atoms with Crippen molar-refractivity contribution >= 4 is 23.2 Å². The van der Waals surface area contributed by atoms with Gasteiger partial charge < -0.3 is 0 Å². The first-order valence-corrected chi connectivity index (χ1v) is 5.85. The molecule has 0 aliphatic carbocycles. The third-order valence-electron chi connectivity index (χ3n) is 2.55. The third kappa shape index (κ3) is 2.08. The van der Waals surface area contributed by atoms with Crippen LogP contribution in [-0.4, -0.2) is 9.78 Å². The molecule has 1 aromatic carbocycles. The lowest BCUT2D eigenvalue weighted by Crippen LogP contribution is -1.95. The Hall–Kier alpha value is -0.990. The van der Waals surface area contributed by atoms with Gasteiger partial charge in [-0.2, -0.15) is 5.10 Å². The Kier molecular flexibility index (Phi) is 3.22. The van der Waals surface area contributed by atoms with E-state index in [1.54, 1.807) is 6.07 Å². The van der Waals surface area contributed by atoms with E-state index in [1.807, 2.05) is 23.9 Å². The quantitative estimate of drug-likeness (QED) is 0.794. The predicted molar refractivity (Wildman–Crippen MR) is 68.0 cm³/mol. The van der Waals surface area contributed by atoms with Crippen LogP contribution in [0.15, 0.2) is 24.3 Å². The molecule has 0 fully saturated rings. The highest BCUT2D eigenvalue weighted by molar-refractivity contribution is 6.36. The summed E-state index contributed by atoms with van der Waals surface area (Å²) in [4.78, 5) is 0. The molecule has 0 saturated carbocycles. The van der Waals surface area contributed by atoms with Crippen LogP contribution in [0.25, 0.3) is 11.3 Å². The summed E-state index contributed by atoms with van der Waals surface area (Å²) in [6, 6.07) is 7.50. The maximum Gasteiger partial charge on any atom is 0.0940 e. The Morgan fingerprint density at radius 3 is 2.56 bits per heavy atom. The second kappa shape index (κ2) is 4.48. The summed E-state index contributed by atoms with van der Waals surface area (Å²) in [6.45, 7) is 2.10. The number of aryl methyl sites for hydroxylation is 2. The maximum absolute atomic E-state index is 6.14. The fraction of sp³-hybridized carbons (Fsp3) is 0.250. The van der Waals surface area contributed by atoms with Gasteiger partial charge in [0, 0.05) is 23.3 Å². The summed E-state index contributed by atoms with van der Waals surface area (Å²) in [5.41, 5.74) is 2.99. The first-order valence-electron chi connectivity index (χ1n) is 5.10. The van der Waals surface area contributed by atoms with Crippen molar-refractivity contribution in [2.75, 3.05) is 0 Å². The molecule has 2 rings (SSSR count). The zero-order chi connectivity index (χ0) is 11.7. The number of hydrogen-bond donors (Lipinski definition) is 0. The van der Waals surface area contributed by atoms with Gasteiger partial charge in [-0.3, -0.25) is 4.68 Å². The smallest absolute Gasteiger partial charge is 0.0940 e. The highest BCUT2D eigenvalue weighted by Crippen LogP contribution is 2.29. The van der Waals surface area contributed by atoms with E-state index in [4.69, 9.17) is 23.2 Å². The summed E-state index contributed by atoms with van der Waals surface area (Å²) in [6.07, 6.45) is 0.953. The van der Waals surface area contributed by atoms with Crippen LogP contribution in [-0.2, 0) is 13.5 Å². The molecule has 2 nitrogen and oxygen atoms in total. The number of aromatic nitrogens is 2. The standard InChI is InChI=1S/C12H12Cl2N2/c1-3-9-7-12(15-16(9)2)10-5-4-8(13)6-11(10)14/h4-7H,3H2,1-2H3. The molecule has 2 aromatic rings. The molecular formula is C12H12Cl2N2. The lowest BCUT2D eigenvalue weighted by Gasteiger charge is -2.00. The Bertz CT molecular complexity index is 518. The molecule has 84 valence electrons. The second-order valence-electron chi connectivity index (χ2n) is 3.62. The number of hydrogen-bond acceptors (Lipinski definition) is 1. The molecule has 0 spiro atoms. The molecule has 0 unspecified atom stereocenters. The van der Waals surface area contributed by atoms with Crippen molar-refractivity contribution in [2.45, 2.75) is 13.3 Å². The second-order valence-corrected chi connectivity index (χ2v) is 4.47. The highest BCUT2D eigenvalue weighted by atomic mass is 35.5. The molecule has 1 aromatic heterocycles. The fourth-order valence-corrected chi connectivity index (χ4v) is 2.17. The summed E-state index contributed by atoms with van der Waals surface area (Å²) >= 11 is 12.0. The molecule has 4 heteroatoms. The predicted octanol–water partition coefficient (Wildman–Crippen LogP) is 3.96. The Morgan fingerprint density at radius 2 is 2.00 bits per heavy atom. The van der Waals surface area contributed by atoms with Crippen LogP contribution in [0.1, 0.15) is 12.6 Å². The van der Waals surface area contributed by atoms with E-state index in [0.717, 1.165) is 17.7 Å². The normalized spacial score (nSPS) is 10.8. The fourth-order valence-electron chi connectivity index (χ4n) is 1.67. The zero-order valence-corrected chi connectivity index (χ0v) is 10.7. The number of benzene rings is 1. The van der Waals surface area contributed by atoms with Gasteiger partial charge in [-0.15, -0.1) is 0 Å². The van der Waals surface area contributed by atoms with Crippen molar-refractivity contribution in [3.05, 3.63) is 40.0 Å². The Balaban J connectivity index is 2.50. The van der Waals surface area contributed by atoms with Crippen molar-refractivity contribution in [3.63, 3.8) is 0 Å². The largest absolute Gasteiger partial charge is 0.272 e. The summed E-state index contributed by atoms with van der Waals surface area (Å²) in [5, 5.41) is 5.70. The van der Waals surface area contributed by atoms with Crippen molar-refractivity contribution in [1.29, 1.82) is 0 Å². The minimum Gasteiger partial charge on any atom is -0.272 e. The van der Waals surface area contributed by atoms with E-state index in [9.17, 15) is 0 Å². The molecule has 0 saturated heterocycles. The van der Waals surface area contributed by atoms with E-state index < -0.39 is 0 Å². The first-order chi connectivity index (χ1) is 7.61. The summed E-state index contributed by atoms with van der Waals surface area (Å²) in [7, 11) is 1.94. The van der Waals surface area contributed by atoms with Crippen molar-refractivity contribution in [1.82, 2.24) is 9.78 Å². The van der Waals surface area contributed by atoms with Crippen LogP contribution < -0.4 is 0 Å². The van der Waals surface area contributed by atoms with Gasteiger partial charge in [0.05, 0.1) is 10.7 Å². The van der Waals surface area contributed by atoms with Gasteiger partial charge in [0.15, 0.2) is 0 Å². The van der Waals surface area contributed by atoms with E-state index in [0.29, 0.717) is 10.0 Å². The van der Waals surface area contributed by atoms with Crippen molar-refractivity contribution < 1.29 is 0 Å². The molecule has 0 N–H and O–H groups in total. The Morgan fingerprint density at radius 1 is 1.25 bits per heavy atom. The molecule has 16 heavy (non-hydrogen) atoms. The zero-order valence-electron chi connectivity index (χ0n) is 9.17. The molecule has 0 atom stereocenters. The van der Waals surface area contributed by atoms with Gasteiger partial charge in [0.25, 0.3) is 0 Å². The molecule has 0 aliphatic heterocycles. The number of rotatable bonds is 2. The number of halogens is 2. The minimum atomic E-state index is 0.633. The monoisotopic (exact) mass is 254 g/mol. The van der Waals surface area contributed by atoms with Crippen molar-refractivity contribution in [2.24, 2.45) is 7.05 Å². The lowest BCUT2D eigenvalue weighted by atomic mass is 10.1. The topological polar surface area (TPSA) is 17.8 Å². The number of nitrogens with zero attached hydrogens (tertiary/aromatic N) is 2. The van der Waals surface area contributed by atoms with Crippen LogP contribution in [0.5, 0.6) is 0 Å². The average molecular weight is 255 g/mol. The molecule has 0 radical (unpaired) electrons. The maximum atomic E-state index is 6.14. The SMILES string of the molecule is CCc1cc(-c2ccc(Cl)cc2Cl)nn1C. The van der Waals surface area contributed by atoms with E-state index in [1.165, 1.54) is 5.69 Å². The van der Waals surface area contributed by atoms with E-state index in [-0.39, 0.29) is 0 Å². The van der Waals surface area contributed by atoms with Crippen LogP contribution in [0, 0.1) is 0 Å². The lowest BCUT2D eigenvalue weighted by molar-refractivity contribution is 0.720. The summed E-state index contributed by atoms with van der Waals surface area (Å²) < 4.78 is 1.88. The van der Waals surface area contributed by atoms with Gasteiger partial charge in [-0.05, 0) is 30.7 Å². The third-order valence-corrected chi connectivity index (χ3v) is 3.09. The van der Waals surface area contributed by atoms with Crippen LogP contribution in [0.4, 0.5) is 0 Å². The van der Waals surface area contributed by atoms with Gasteiger partial charge in [-0.1, -0.05) is 30.1 Å². The molecule has 0 bridgehead atoms. The van der Waals surface area contributed by atoms with Gasteiger partial charge in [0.1, 0.15) is 0 Å². The van der Waals surface area contributed by atoms with E-state index in [2.05, 4.69) is 18.1 Å². The van der Waals surface area contributed by atoms with Crippen LogP contribution in [0.2, 0.25) is 10.0 Å². The minimum absolute atomic E-state index is 0.633. The van der Waals surface area contributed by atoms with Crippen LogP contribution >= 0.6 is 23.2 Å². The van der Waals surface area contributed by atoms with Crippen LogP contribution in [0.3, 0.4) is 0 Å². The highest BCUT2D eigenvalue weighted by Gasteiger charge is 2.09. The molecule has 1 heterocycles. The van der Waals surface area contributed by atoms with Gasteiger partial charge in [0.2, 0.25) is 0 Å². The van der Waals surface area contributed by atoms with E-state index >= 15 is 0 Å². The molecule has 0 amide bonds. The summed E-state index contributed by atoms with van der Waals surface area (Å²) in [5.74, 6) is 0. The average Bonchev–Trinajstić information content (AvgIpc) is 2.59. The van der Waals surface area contributed by atoms with Crippen molar-refractivity contribution in [3.8, 4) is 11.3 Å². The van der Waals surface area contributed by atoms with Gasteiger partial charge >= 0.3 is 0 Å². The molecular weight excluding hydrogens is 243 g/mol. The van der Waals surface area contributed by atoms with Gasteiger partial charge in [-0.25, -0.2) is 0 Å². The Labute approximate surface area is 105 Å². The molecule has 0 aliphatic rings.